The molecule has 0 saturated carbocycles. The Hall–Kier alpha value is 0.340. The number of thiophene rings is 1. The number of hydrogen-bond acceptors (Lipinski definition) is 4. The summed E-state index contributed by atoms with van der Waals surface area (Å²) >= 11 is 4.43. The normalized spacial score (nSPS) is 11.1. The Morgan fingerprint density at radius 2 is 2.06 bits per heavy atom. The smallest absolute Gasteiger partial charge is 0.250 e. The quantitative estimate of drug-likeness (QED) is 0.771. The minimum Gasteiger partial charge on any atom is -0.330 e. The molecule has 0 saturated heterocycles. The summed E-state index contributed by atoms with van der Waals surface area (Å²) in [5, 5.41) is 0. The summed E-state index contributed by atoms with van der Waals surface area (Å²) in [4.78, 5) is 0. The number of rotatable bonds is 6. The molecule has 8 heteroatoms. The van der Waals surface area contributed by atoms with Gasteiger partial charge in [0.05, 0.1) is 3.79 Å². The summed E-state index contributed by atoms with van der Waals surface area (Å²) in [6, 6.07) is 3.30. The van der Waals surface area contributed by atoms with Crippen molar-refractivity contribution >= 4 is 49.7 Å². The average molecular weight is 350 g/mol. The van der Waals surface area contributed by atoms with Gasteiger partial charge in [-0.1, -0.05) is 0 Å². The van der Waals surface area contributed by atoms with Crippen LogP contribution in [0.3, 0.4) is 0 Å². The molecule has 1 aromatic rings. The van der Waals surface area contributed by atoms with Gasteiger partial charge in [0, 0.05) is 6.54 Å². The van der Waals surface area contributed by atoms with E-state index in [0.717, 1.165) is 16.6 Å². The molecule has 3 N–H and O–H groups in total. The molecule has 0 amide bonds. The molecule has 0 unspecified atom stereocenters. The fourth-order valence-corrected chi connectivity index (χ4v) is 4.12. The first-order valence-corrected chi connectivity index (χ1v) is 7.60. The van der Waals surface area contributed by atoms with Gasteiger partial charge in [-0.05, 0) is 47.4 Å². The Balaban J connectivity index is 0.00000225. The highest BCUT2D eigenvalue weighted by Crippen LogP contribution is 2.25. The van der Waals surface area contributed by atoms with Crippen molar-refractivity contribution in [2.45, 2.75) is 17.1 Å². The number of hydrogen-bond donors (Lipinski definition) is 2. The number of sulfonamides is 1. The zero-order valence-corrected chi connectivity index (χ0v) is 12.5. The molecule has 0 aliphatic carbocycles. The zero-order chi connectivity index (χ0) is 11.3. The Kier molecular flexibility index (Phi) is 7.79. The van der Waals surface area contributed by atoms with Crippen LogP contribution in [0.25, 0.3) is 0 Å². The van der Waals surface area contributed by atoms with Gasteiger partial charge in [0.15, 0.2) is 0 Å². The number of nitrogens with two attached hydrogens (primary N) is 1. The van der Waals surface area contributed by atoms with Crippen molar-refractivity contribution in [2.24, 2.45) is 5.73 Å². The van der Waals surface area contributed by atoms with E-state index in [1.807, 2.05) is 0 Å². The van der Waals surface area contributed by atoms with E-state index in [0.29, 0.717) is 17.3 Å². The van der Waals surface area contributed by atoms with E-state index in [1.54, 1.807) is 12.1 Å². The summed E-state index contributed by atoms with van der Waals surface area (Å²) < 4.78 is 27.0. The van der Waals surface area contributed by atoms with E-state index in [-0.39, 0.29) is 12.4 Å². The second-order valence-corrected chi connectivity index (χ2v) is 7.41. The highest BCUT2D eigenvalue weighted by molar-refractivity contribution is 9.11. The van der Waals surface area contributed by atoms with Gasteiger partial charge in [-0.3, -0.25) is 0 Å². The molecular weight excluding hydrogens is 336 g/mol. The first-order valence-electron chi connectivity index (χ1n) is 4.51. The van der Waals surface area contributed by atoms with Crippen LogP contribution in [-0.2, 0) is 10.0 Å². The largest absolute Gasteiger partial charge is 0.330 e. The first kappa shape index (κ1) is 16.3. The third-order valence-corrected chi connectivity index (χ3v) is 5.31. The predicted molar refractivity (Wildman–Crippen MR) is 72.7 cm³/mol. The van der Waals surface area contributed by atoms with Crippen molar-refractivity contribution < 1.29 is 8.42 Å². The molecule has 1 heterocycles. The van der Waals surface area contributed by atoms with Crippen LogP contribution in [0, 0.1) is 0 Å². The highest BCUT2D eigenvalue weighted by atomic mass is 79.9. The monoisotopic (exact) mass is 348 g/mol. The molecule has 0 spiro atoms. The van der Waals surface area contributed by atoms with Crippen molar-refractivity contribution in [1.82, 2.24) is 4.72 Å². The second-order valence-electron chi connectivity index (χ2n) is 2.95. The number of halogens is 2. The lowest BCUT2D eigenvalue weighted by Crippen LogP contribution is -2.24. The Labute approximate surface area is 114 Å². The molecule has 16 heavy (non-hydrogen) atoms. The highest BCUT2D eigenvalue weighted by Gasteiger charge is 2.15. The van der Waals surface area contributed by atoms with Crippen molar-refractivity contribution in [3.05, 3.63) is 15.9 Å². The van der Waals surface area contributed by atoms with Crippen molar-refractivity contribution in [2.75, 3.05) is 13.1 Å². The molecule has 0 fully saturated rings. The lowest BCUT2D eigenvalue weighted by atomic mass is 10.3. The van der Waals surface area contributed by atoms with Crippen LogP contribution in [0.2, 0.25) is 0 Å². The van der Waals surface area contributed by atoms with Crippen LogP contribution in [0.4, 0.5) is 0 Å². The minimum absolute atomic E-state index is 0. The molecule has 0 aromatic carbocycles. The standard InChI is InChI=1S/C8H13BrN2O2S2.ClH/c9-7-3-4-8(14-7)15(12,13)11-6-2-1-5-10;/h3-4,11H,1-2,5-6,10H2;1H. The van der Waals surface area contributed by atoms with E-state index < -0.39 is 10.0 Å². The Bertz CT molecular complexity index is 408. The number of nitrogens with one attached hydrogen (secondary N) is 1. The minimum atomic E-state index is -3.32. The van der Waals surface area contributed by atoms with Crippen molar-refractivity contribution in [1.29, 1.82) is 0 Å². The second kappa shape index (κ2) is 7.62. The fraction of sp³-hybridized carbons (Fsp3) is 0.500. The van der Waals surface area contributed by atoms with Gasteiger partial charge in [-0.25, -0.2) is 13.1 Å². The molecule has 4 nitrogen and oxygen atoms in total. The zero-order valence-electron chi connectivity index (χ0n) is 8.48. The Morgan fingerprint density at radius 3 is 2.56 bits per heavy atom. The van der Waals surface area contributed by atoms with Crippen LogP contribution in [0.1, 0.15) is 12.8 Å². The third kappa shape index (κ3) is 5.11. The average Bonchev–Trinajstić information content (AvgIpc) is 2.60. The number of unbranched alkanes of at least 4 members (excludes halogenated alkanes) is 1. The Morgan fingerprint density at radius 1 is 1.38 bits per heavy atom. The maximum atomic E-state index is 11.7. The van der Waals surface area contributed by atoms with Crippen LogP contribution in [-0.4, -0.2) is 21.5 Å². The summed E-state index contributed by atoms with van der Waals surface area (Å²) in [6.45, 7) is 1.03. The predicted octanol–water partition coefficient (Wildman–Crippen LogP) is 1.95. The molecule has 0 bridgehead atoms. The summed E-state index contributed by atoms with van der Waals surface area (Å²) in [5.41, 5.74) is 5.31. The van der Waals surface area contributed by atoms with E-state index in [1.165, 1.54) is 11.3 Å². The molecule has 0 aliphatic rings. The molecule has 94 valence electrons. The lowest BCUT2D eigenvalue weighted by molar-refractivity contribution is 0.579. The van der Waals surface area contributed by atoms with Crippen molar-refractivity contribution in [3.63, 3.8) is 0 Å². The molecule has 0 radical (unpaired) electrons. The maximum Gasteiger partial charge on any atom is 0.250 e. The van der Waals surface area contributed by atoms with Gasteiger partial charge in [0.2, 0.25) is 10.0 Å². The SMILES string of the molecule is Cl.NCCCCNS(=O)(=O)c1ccc(Br)s1. The summed E-state index contributed by atoms with van der Waals surface area (Å²) in [6.07, 6.45) is 1.60. The van der Waals surface area contributed by atoms with Gasteiger partial charge >= 0.3 is 0 Å². The van der Waals surface area contributed by atoms with Gasteiger partial charge in [0.1, 0.15) is 4.21 Å². The first-order chi connectivity index (χ1) is 7.06. The lowest BCUT2D eigenvalue weighted by Gasteiger charge is -2.03. The van der Waals surface area contributed by atoms with E-state index in [9.17, 15) is 8.42 Å². The molecular formula is C8H14BrClN2O2S2. The van der Waals surface area contributed by atoms with Gasteiger partial charge in [-0.2, -0.15) is 0 Å². The maximum absolute atomic E-state index is 11.7. The van der Waals surface area contributed by atoms with Crippen LogP contribution in [0.5, 0.6) is 0 Å². The topological polar surface area (TPSA) is 72.2 Å². The van der Waals surface area contributed by atoms with Gasteiger partial charge in [0.25, 0.3) is 0 Å². The van der Waals surface area contributed by atoms with E-state index in [2.05, 4.69) is 20.7 Å². The van der Waals surface area contributed by atoms with Gasteiger partial charge in [-0.15, -0.1) is 23.7 Å². The summed E-state index contributed by atoms with van der Waals surface area (Å²) in [5.74, 6) is 0. The molecule has 0 aliphatic heterocycles. The fourth-order valence-electron chi connectivity index (χ4n) is 0.989. The molecule has 1 rings (SSSR count). The van der Waals surface area contributed by atoms with Crippen LogP contribution >= 0.6 is 39.7 Å². The van der Waals surface area contributed by atoms with Crippen LogP contribution < -0.4 is 10.5 Å². The van der Waals surface area contributed by atoms with E-state index in [4.69, 9.17) is 5.73 Å². The van der Waals surface area contributed by atoms with E-state index >= 15 is 0 Å². The third-order valence-electron chi connectivity index (χ3n) is 1.74. The van der Waals surface area contributed by atoms with Crippen LogP contribution in [0.15, 0.2) is 20.1 Å². The van der Waals surface area contributed by atoms with Crippen molar-refractivity contribution in [3.8, 4) is 0 Å². The summed E-state index contributed by atoms with van der Waals surface area (Å²) in [7, 11) is -3.32. The van der Waals surface area contributed by atoms with Gasteiger partial charge < -0.3 is 5.73 Å². The molecule has 0 atom stereocenters. The molecule has 1 aromatic heterocycles.